The molecule has 0 spiro atoms. The third kappa shape index (κ3) is 1.66. The fraction of sp³-hybridized carbons (Fsp3) is 0.538. The van der Waals surface area contributed by atoms with Gasteiger partial charge in [0.15, 0.2) is 5.78 Å². The minimum absolute atomic E-state index is 0.0583. The Morgan fingerprint density at radius 3 is 2.72 bits per heavy atom. The van der Waals surface area contributed by atoms with Crippen molar-refractivity contribution in [1.29, 1.82) is 0 Å². The standard InChI is InChI=1S/C13H15NO4/c1-7(15)8-4-11(13(16)17)14(6-8)10-5-9-2-3-12(10)18-9/h4,6,9-10,12H,2-3,5H2,1H3,(H,16,17). The zero-order valence-corrected chi connectivity index (χ0v) is 10.1. The third-order valence-electron chi connectivity index (χ3n) is 3.91. The summed E-state index contributed by atoms with van der Waals surface area (Å²) in [5, 5.41) is 9.22. The number of carbonyl (C=O) groups is 2. The molecule has 1 aromatic rings. The van der Waals surface area contributed by atoms with Gasteiger partial charge in [0, 0.05) is 11.8 Å². The lowest BCUT2D eigenvalue weighted by Crippen LogP contribution is -2.23. The van der Waals surface area contributed by atoms with Gasteiger partial charge in [0.25, 0.3) is 0 Å². The van der Waals surface area contributed by atoms with Crippen molar-refractivity contribution in [2.45, 2.75) is 44.4 Å². The Hall–Kier alpha value is -1.62. The average Bonchev–Trinajstić information content (AvgIpc) is 3.02. The lowest BCUT2D eigenvalue weighted by atomic mass is 9.95. The van der Waals surface area contributed by atoms with Crippen molar-refractivity contribution in [3.8, 4) is 0 Å². The number of nitrogens with zero attached hydrogens (tertiary/aromatic N) is 1. The van der Waals surface area contributed by atoms with Crippen molar-refractivity contribution in [2.75, 3.05) is 0 Å². The van der Waals surface area contributed by atoms with Crippen LogP contribution < -0.4 is 0 Å². The van der Waals surface area contributed by atoms with E-state index in [1.807, 2.05) is 0 Å². The van der Waals surface area contributed by atoms with Gasteiger partial charge < -0.3 is 14.4 Å². The first-order valence-corrected chi connectivity index (χ1v) is 6.18. The van der Waals surface area contributed by atoms with Crippen LogP contribution in [0, 0.1) is 0 Å². The molecule has 3 heterocycles. The van der Waals surface area contributed by atoms with Gasteiger partial charge in [0.05, 0.1) is 18.2 Å². The highest BCUT2D eigenvalue weighted by Gasteiger charge is 2.42. The summed E-state index contributed by atoms with van der Waals surface area (Å²) in [5.74, 6) is -1.11. The van der Waals surface area contributed by atoms with Crippen LogP contribution in [0.5, 0.6) is 0 Å². The van der Waals surface area contributed by atoms with Crippen molar-refractivity contribution in [3.05, 3.63) is 23.5 Å². The van der Waals surface area contributed by atoms with E-state index in [-0.39, 0.29) is 29.7 Å². The van der Waals surface area contributed by atoms with Crippen molar-refractivity contribution in [3.63, 3.8) is 0 Å². The lowest BCUT2D eigenvalue weighted by Gasteiger charge is -2.21. The molecule has 2 aliphatic rings. The Morgan fingerprint density at radius 1 is 1.44 bits per heavy atom. The van der Waals surface area contributed by atoms with Gasteiger partial charge in [-0.25, -0.2) is 4.79 Å². The molecule has 0 aromatic carbocycles. The first-order chi connectivity index (χ1) is 8.56. The van der Waals surface area contributed by atoms with Gasteiger partial charge in [-0.1, -0.05) is 0 Å². The number of carboxylic acids is 1. The van der Waals surface area contributed by atoms with E-state index < -0.39 is 5.97 Å². The Labute approximate surface area is 104 Å². The number of hydrogen-bond acceptors (Lipinski definition) is 3. The fourth-order valence-corrected chi connectivity index (χ4v) is 3.02. The molecule has 96 valence electrons. The summed E-state index contributed by atoms with van der Waals surface area (Å²) < 4.78 is 7.46. The molecule has 0 aliphatic carbocycles. The molecule has 18 heavy (non-hydrogen) atoms. The number of rotatable bonds is 3. The number of aromatic carboxylic acids is 1. The lowest BCUT2D eigenvalue weighted by molar-refractivity contribution is 0.0674. The van der Waals surface area contributed by atoms with E-state index in [2.05, 4.69) is 0 Å². The zero-order chi connectivity index (χ0) is 12.9. The largest absolute Gasteiger partial charge is 0.477 e. The summed E-state index contributed by atoms with van der Waals surface area (Å²) in [6.07, 6.45) is 4.88. The van der Waals surface area contributed by atoms with E-state index in [1.165, 1.54) is 13.0 Å². The molecule has 1 N–H and O–H groups in total. The number of ether oxygens (including phenoxy) is 1. The van der Waals surface area contributed by atoms with Crippen LogP contribution in [0.3, 0.4) is 0 Å². The zero-order valence-electron chi connectivity index (χ0n) is 10.1. The van der Waals surface area contributed by atoms with E-state index in [4.69, 9.17) is 4.74 Å². The van der Waals surface area contributed by atoms with Gasteiger partial charge in [-0.3, -0.25) is 4.79 Å². The molecule has 2 bridgehead atoms. The van der Waals surface area contributed by atoms with Crippen molar-refractivity contribution in [1.82, 2.24) is 4.57 Å². The fourth-order valence-electron chi connectivity index (χ4n) is 3.02. The molecular formula is C13H15NO4. The van der Waals surface area contributed by atoms with Crippen molar-refractivity contribution >= 4 is 11.8 Å². The van der Waals surface area contributed by atoms with Gasteiger partial charge in [-0.2, -0.15) is 0 Å². The molecule has 5 nitrogen and oxygen atoms in total. The summed E-state index contributed by atoms with van der Waals surface area (Å²) in [5.41, 5.74) is 0.636. The SMILES string of the molecule is CC(=O)c1cc(C(=O)O)n(C2CC3CCC2O3)c1. The first-order valence-electron chi connectivity index (χ1n) is 6.18. The molecule has 5 heteroatoms. The molecule has 3 unspecified atom stereocenters. The maximum Gasteiger partial charge on any atom is 0.352 e. The number of hydrogen-bond donors (Lipinski definition) is 1. The summed E-state index contributed by atoms with van der Waals surface area (Å²) in [6.45, 7) is 1.45. The van der Waals surface area contributed by atoms with Gasteiger partial charge in [-0.15, -0.1) is 0 Å². The predicted octanol–water partition coefficient (Wildman–Crippen LogP) is 1.88. The van der Waals surface area contributed by atoms with Gasteiger partial charge >= 0.3 is 5.97 Å². The van der Waals surface area contributed by atoms with Gasteiger partial charge in [0.2, 0.25) is 0 Å². The minimum Gasteiger partial charge on any atom is -0.477 e. The van der Waals surface area contributed by atoms with E-state index in [1.54, 1.807) is 10.8 Å². The molecule has 0 radical (unpaired) electrons. The highest BCUT2D eigenvalue weighted by Crippen LogP contribution is 2.42. The monoisotopic (exact) mass is 249 g/mol. The number of carbonyl (C=O) groups excluding carboxylic acids is 1. The van der Waals surface area contributed by atoms with Crippen LogP contribution >= 0.6 is 0 Å². The normalized spacial score (nSPS) is 29.7. The van der Waals surface area contributed by atoms with Crippen molar-refractivity contribution in [2.24, 2.45) is 0 Å². The molecule has 2 saturated heterocycles. The average molecular weight is 249 g/mol. The van der Waals surface area contributed by atoms with Crippen LogP contribution in [0.4, 0.5) is 0 Å². The summed E-state index contributed by atoms with van der Waals surface area (Å²) >= 11 is 0. The second-order valence-corrected chi connectivity index (χ2v) is 5.06. The van der Waals surface area contributed by atoms with Crippen LogP contribution in [-0.4, -0.2) is 33.6 Å². The number of aromatic nitrogens is 1. The second-order valence-electron chi connectivity index (χ2n) is 5.06. The third-order valence-corrected chi connectivity index (χ3v) is 3.91. The molecule has 2 aliphatic heterocycles. The Balaban J connectivity index is 2.00. The number of carboxylic acid groups (broad SMARTS) is 1. The van der Waals surface area contributed by atoms with E-state index >= 15 is 0 Å². The Morgan fingerprint density at radius 2 is 2.22 bits per heavy atom. The molecule has 3 atom stereocenters. The van der Waals surface area contributed by atoms with E-state index in [9.17, 15) is 14.7 Å². The van der Waals surface area contributed by atoms with E-state index in [0.717, 1.165) is 19.3 Å². The molecule has 0 saturated carbocycles. The van der Waals surface area contributed by atoms with E-state index in [0.29, 0.717) is 5.56 Å². The molecule has 0 amide bonds. The van der Waals surface area contributed by atoms with Gasteiger partial charge in [-0.05, 0) is 32.3 Å². The maximum absolute atomic E-state index is 11.4. The molecular weight excluding hydrogens is 234 g/mol. The quantitative estimate of drug-likeness (QED) is 0.830. The smallest absolute Gasteiger partial charge is 0.352 e. The van der Waals surface area contributed by atoms with Crippen LogP contribution in [-0.2, 0) is 4.74 Å². The highest BCUT2D eigenvalue weighted by molar-refractivity contribution is 5.97. The highest BCUT2D eigenvalue weighted by atomic mass is 16.5. The second kappa shape index (κ2) is 3.95. The Bertz CT molecular complexity index is 519. The maximum atomic E-state index is 11.4. The minimum atomic E-state index is -0.995. The van der Waals surface area contributed by atoms with Crippen LogP contribution in [0.25, 0.3) is 0 Å². The molecule has 2 fully saturated rings. The summed E-state index contributed by atoms with van der Waals surface area (Å²) in [4.78, 5) is 22.6. The topological polar surface area (TPSA) is 68.5 Å². The number of Topliss-reactive ketones (excluding diaryl/α,β-unsaturated/α-hetero) is 1. The molecule has 1 aromatic heterocycles. The molecule has 3 rings (SSSR count). The van der Waals surface area contributed by atoms with Crippen LogP contribution in [0.1, 0.15) is 53.1 Å². The Kier molecular flexibility index (Phi) is 2.52. The first kappa shape index (κ1) is 11.5. The van der Waals surface area contributed by atoms with Crippen LogP contribution in [0.2, 0.25) is 0 Å². The number of ketones is 1. The van der Waals surface area contributed by atoms with Gasteiger partial charge in [0.1, 0.15) is 5.69 Å². The number of fused-ring (bicyclic) bond motifs is 2. The van der Waals surface area contributed by atoms with Crippen LogP contribution in [0.15, 0.2) is 12.3 Å². The summed E-state index contributed by atoms with van der Waals surface area (Å²) in [6, 6.07) is 1.51. The summed E-state index contributed by atoms with van der Waals surface area (Å²) in [7, 11) is 0. The predicted molar refractivity (Wildman–Crippen MR) is 62.9 cm³/mol. The van der Waals surface area contributed by atoms with Crippen molar-refractivity contribution < 1.29 is 19.4 Å².